The molecule has 2 aromatic heterocycles. The Hall–Kier alpha value is -2.48. The first-order chi connectivity index (χ1) is 9.52. The van der Waals surface area contributed by atoms with E-state index in [4.69, 9.17) is 10.4 Å². The van der Waals surface area contributed by atoms with Gasteiger partial charge in [0.1, 0.15) is 5.76 Å². The Bertz CT molecular complexity index is 587. The van der Waals surface area contributed by atoms with Gasteiger partial charge < -0.3 is 15.3 Å². The summed E-state index contributed by atoms with van der Waals surface area (Å²) in [6.45, 7) is 5.49. The van der Waals surface area contributed by atoms with Crippen LogP contribution in [-0.4, -0.2) is 21.3 Å². The Morgan fingerprint density at radius 1 is 1.35 bits per heavy atom. The first kappa shape index (κ1) is 13.9. The van der Waals surface area contributed by atoms with Crippen molar-refractivity contribution in [2.75, 3.05) is 5.43 Å². The summed E-state index contributed by atoms with van der Waals surface area (Å²) in [5.74, 6) is 5.93. The van der Waals surface area contributed by atoms with Gasteiger partial charge in [0, 0.05) is 5.56 Å². The molecule has 106 valence electrons. The Kier molecular flexibility index (Phi) is 3.94. The van der Waals surface area contributed by atoms with Crippen molar-refractivity contribution in [3.05, 3.63) is 34.8 Å². The van der Waals surface area contributed by atoms with Crippen molar-refractivity contribution in [1.29, 1.82) is 0 Å². The Morgan fingerprint density at radius 3 is 2.60 bits per heavy atom. The van der Waals surface area contributed by atoms with Gasteiger partial charge in [-0.1, -0.05) is 5.16 Å². The molecule has 0 aromatic carbocycles. The van der Waals surface area contributed by atoms with Crippen molar-refractivity contribution in [1.82, 2.24) is 20.7 Å². The standard InChI is InChI=1S/C12H16N6O2/c1-6(11-7(2)18-20-8(11)3)14-12(19)9-4-5-10(15-13)17-16-9/h4-6H,13H2,1-3H3,(H,14,19)(H,15,17). The number of nitrogens with two attached hydrogens (primary N) is 1. The zero-order valence-corrected chi connectivity index (χ0v) is 11.5. The number of nitrogen functional groups attached to an aromatic ring is 1. The molecule has 8 nitrogen and oxygen atoms in total. The maximum atomic E-state index is 12.1. The summed E-state index contributed by atoms with van der Waals surface area (Å²) in [6.07, 6.45) is 0. The van der Waals surface area contributed by atoms with Crippen LogP contribution < -0.4 is 16.6 Å². The lowest BCUT2D eigenvalue weighted by molar-refractivity contribution is 0.0933. The lowest BCUT2D eigenvalue weighted by Crippen LogP contribution is -2.28. The van der Waals surface area contributed by atoms with Crippen molar-refractivity contribution in [2.45, 2.75) is 26.8 Å². The fourth-order valence-corrected chi connectivity index (χ4v) is 1.98. The highest BCUT2D eigenvalue weighted by atomic mass is 16.5. The molecule has 2 aromatic rings. The molecular weight excluding hydrogens is 260 g/mol. The molecule has 0 bridgehead atoms. The second-order valence-electron chi connectivity index (χ2n) is 4.38. The first-order valence-electron chi connectivity index (χ1n) is 6.07. The van der Waals surface area contributed by atoms with E-state index in [1.807, 2.05) is 13.8 Å². The minimum atomic E-state index is -0.325. The SMILES string of the molecule is Cc1noc(C)c1C(C)NC(=O)c1ccc(NN)nn1. The number of aromatic nitrogens is 3. The number of rotatable bonds is 4. The number of aryl methyl sites for hydroxylation is 2. The van der Waals surface area contributed by atoms with E-state index in [0.717, 1.165) is 11.3 Å². The second-order valence-corrected chi connectivity index (χ2v) is 4.38. The molecule has 0 spiro atoms. The van der Waals surface area contributed by atoms with Gasteiger partial charge in [0.25, 0.3) is 5.91 Å². The molecule has 2 heterocycles. The number of hydrazine groups is 1. The average Bonchev–Trinajstić information content (AvgIpc) is 2.78. The van der Waals surface area contributed by atoms with Crippen LogP contribution in [0.15, 0.2) is 16.7 Å². The fourth-order valence-electron chi connectivity index (χ4n) is 1.98. The minimum absolute atomic E-state index is 0.211. The highest BCUT2D eigenvalue weighted by Gasteiger charge is 2.19. The van der Waals surface area contributed by atoms with Crippen LogP contribution in [0.3, 0.4) is 0 Å². The summed E-state index contributed by atoms with van der Waals surface area (Å²) in [7, 11) is 0. The molecular formula is C12H16N6O2. The van der Waals surface area contributed by atoms with Crippen molar-refractivity contribution < 1.29 is 9.32 Å². The molecule has 8 heteroatoms. The van der Waals surface area contributed by atoms with Crippen LogP contribution in [0.1, 0.15) is 40.5 Å². The summed E-state index contributed by atoms with van der Waals surface area (Å²) in [6, 6.07) is 2.88. The number of carbonyl (C=O) groups excluding carboxylic acids is 1. The quantitative estimate of drug-likeness (QED) is 0.559. The minimum Gasteiger partial charge on any atom is -0.361 e. The number of carbonyl (C=O) groups is 1. The van der Waals surface area contributed by atoms with Gasteiger partial charge in [0.2, 0.25) is 0 Å². The number of anilines is 1. The van der Waals surface area contributed by atoms with E-state index in [0.29, 0.717) is 11.6 Å². The molecule has 0 aliphatic carbocycles. The first-order valence-corrected chi connectivity index (χ1v) is 6.07. The van der Waals surface area contributed by atoms with E-state index in [2.05, 4.69) is 26.1 Å². The van der Waals surface area contributed by atoms with Crippen LogP contribution in [0.4, 0.5) is 5.82 Å². The topological polar surface area (TPSA) is 119 Å². The van der Waals surface area contributed by atoms with Crippen LogP contribution >= 0.6 is 0 Å². The largest absolute Gasteiger partial charge is 0.361 e. The highest BCUT2D eigenvalue weighted by molar-refractivity contribution is 5.92. The van der Waals surface area contributed by atoms with E-state index in [1.165, 1.54) is 6.07 Å². The monoisotopic (exact) mass is 276 g/mol. The van der Waals surface area contributed by atoms with E-state index >= 15 is 0 Å². The van der Waals surface area contributed by atoms with Gasteiger partial charge in [-0.15, -0.1) is 10.2 Å². The fraction of sp³-hybridized carbons (Fsp3) is 0.333. The molecule has 1 unspecified atom stereocenters. The van der Waals surface area contributed by atoms with Crippen molar-refractivity contribution in [3.63, 3.8) is 0 Å². The third kappa shape index (κ3) is 2.75. The van der Waals surface area contributed by atoms with E-state index in [9.17, 15) is 4.79 Å². The Balaban J connectivity index is 2.11. The normalized spacial score (nSPS) is 12.0. The summed E-state index contributed by atoms with van der Waals surface area (Å²) in [5, 5.41) is 14.2. The zero-order chi connectivity index (χ0) is 14.7. The van der Waals surface area contributed by atoms with E-state index in [1.54, 1.807) is 13.0 Å². The highest BCUT2D eigenvalue weighted by Crippen LogP contribution is 2.21. The number of amides is 1. The van der Waals surface area contributed by atoms with Gasteiger partial charge >= 0.3 is 0 Å². The Labute approximate surface area is 115 Å². The molecule has 0 aliphatic rings. The van der Waals surface area contributed by atoms with Gasteiger partial charge in [-0.2, -0.15) is 0 Å². The molecule has 0 saturated carbocycles. The number of hydrogen-bond donors (Lipinski definition) is 3. The average molecular weight is 276 g/mol. The molecule has 1 amide bonds. The van der Waals surface area contributed by atoms with Crippen LogP contribution in [0.5, 0.6) is 0 Å². The molecule has 4 N–H and O–H groups in total. The van der Waals surface area contributed by atoms with Crippen molar-refractivity contribution in [3.8, 4) is 0 Å². The summed E-state index contributed by atoms with van der Waals surface area (Å²) < 4.78 is 5.08. The number of nitrogens with zero attached hydrogens (tertiary/aromatic N) is 3. The van der Waals surface area contributed by atoms with Crippen LogP contribution in [0, 0.1) is 13.8 Å². The van der Waals surface area contributed by atoms with Gasteiger partial charge in [-0.3, -0.25) is 4.79 Å². The van der Waals surface area contributed by atoms with Gasteiger partial charge in [-0.05, 0) is 32.9 Å². The lowest BCUT2D eigenvalue weighted by atomic mass is 10.1. The smallest absolute Gasteiger partial charge is 0.272 e. The Morgan fingerprint density at radius 2 is 2.10 bits per heavy atom. The lowest BCUT2D eigenvalue weighted by Gasteiger charge is -2.13. The third-order valence-corrected chi connectivity index (χ3v) is 2.91. The molecule has 0 radical (unpaired) electrons. The predicted molar refractivity (Wildman–Crippen MR) is 71.7 cm³/mol. The van der Waals surface area contributed by atoms with Crippen molar-refractivity contribution in [2.24, 2.45) is 5.84 Å². The molecule has 0 saturated heterocycles. The van der Waals surface area contributed by atoms with E-state index < -0.39 is 0 Å². The van der Waals surface area contributed by atoms with Crippen LogP contribution in [-0.2, 0) is 0 Å². The van der Waals surface area contributed by atoms with Gasteiger partial charge in [0.15, 0.2) is 11.5 Å². The van der Waals surface area contributed by atoms with E-state index in [-0.39, 0.29) is 17.6 Å². The second kappa shape index (κ2) is 5.66. The number of hydrogen-bond acceptors (Lipinski definition) is 7. The predicted octanol–water partition coefficient (Wildman–Crippen LogP) is 0.858. The van der Waals surface area contributed by atoms with Gasteiger partial charge in [-0.25, -0.2) is 5.84 Å². The molecule has 0 fully saturated rings. The molecule has 1 atom stereocenters. The maximum absolute atomic E-state index is 12.1. The maximum Gasteiger partial charge on any atom is 0.272 e. The summed E-state index contributed by atoms with van der Waals surface area (Å²) in [4.78, 5) is 12.1. The molecule has 0 aliphatic heterocycles. The zero-order valence-electron chi connectivity index (χ0n) is 11.5. The summed E-state index contributed by atoms with van der Waals surface area (Å²) >= 11 is 0. The summed E-state index contributed by atoms with van der Waals surface area (Å²) in [5.41, 5.74) is 4.18. The van der Waals surface area contributed by atoms with Crippen molar-refractivity contribution >= 4 is 11.7 Å². The molecule has 20 heavy (non-hydrogen) atoms. The molecule has 2 rings (SSSR count). The van der Waals surface area contributed by atoms with Crippen LogP contribution in [0.2, 0.25) is 0 Å². The van der Waals surface area contributed by atoms with Gasteiger partial charge in [0.05, 0.1) is 11.7 Å². The van der Waals surface area contributed by atoms with Crippen LogP contribution in [0.25, 0.3) is 0 Å². The number of nitrogens with one attached hydrogen (secondary N) is 2. The third-order valence-electron chi connectivity index (χ3n) is 2.91.